The zero-order valence-electron chi connectivity index (χ0n) is 8.85. The quantitative estimate of drug-likeness (QED) is 0.389. The van der Waals surface area contributed by atoms with Crippen LogP contribution in [0.25, 0.3) is 5.57 Å². The fourth-order valence-corrected chi connectivity index (χ4v) is 1.67. The lowest BCUT2D eigenvalue weighted by Crippen LogP contribution is -2.13. The molecule has 1 aliphatic rings. The van der Waals surface area contributed by atoms with Gasteiger partial charge >= 0.3 is 0 Å². The fraction of sp³-hybridized carbons (Fsp3) is 0.0714. The lowest BCUT2D eigenvalue weighted by atomic mass is 9.93. The van der Waals surface area contributed by atoms with E-state index in [2.05, 4.69) is 49.6 Å². The molecule has 1 aromatic rings. The third-order valence-corrected chi connectivity index (χ3v) is 2.40. The van der Waals surface area contributed by atoms with Gasteiger partial charge < -0.3 is 0 Å². The summed E-state index contributed by atoms with van der Waals surface area (Å²) in [7, 11) is 1.96. The number of hydrogen-bond acceptors (Lipinski definition) is 0. The lowest BCUT2D eigenvalue weighted by molar-refractivity contribution is -0.454. The number of likely N-dealkylation sites (N-methyl/N-ethyl adjacent to an activating group) is 1. The van der Waals surface area contributed by atoms with Gasteiger partial charge in [0.15, 0.2) is 0 Å². The molecule has 15 heavy (non-hydrogen) atoms. The molecule has 0 saturated carbocycles. The summed E-state index contributed by atoms with van der Waals surface area (Å²) in [6, 6.07) is 11.5. The third-order valence-electron chi connectivity index (χ3n) is 2.40. The maximum absolute atomic E-state index is 3.93. The average Bonchev–Trinajstić information content (AvgIpc) is 2.30. The number of hydrogen-bond donors (Lipinski definition) is 0. The van der Waals surface area contributed by atoms with Gasteiger partial charge in [0, 0.05) is 6.04 Å². The molecule has 0 radical (unpaired) electrons. The van der Waals surface area contributed by atoms with Gasteiger partial charge in [-0.05, 0) is 0 Å². The van der Waals surface area contributed by atoms with Gasteiger partial charge in [-0.3, -0.25) is 4.58 Å². The van der Waals surface area contributed by atoms with Crippen molar-refractivity contribution < 1.29 is 4.58 Å². The molecular weight excluding hydrogens is 182 g/mol. The second kappa shape index (κ2) is 4.09. The van der Waals surface area contributed by atoms with Crippen molar-refractivity contribution in [2.75, 3.05) is 7.05 Å². The Labute approximate surface area is 91.1 Å². The first-order valence-electron chi connectivity index (χ1n) is 4.98. The Morgan fingerprint density at radius 3 is 2.67 bits per heavy atom. The summed E-state index contributed by atoms with van der Waals surface area (Å²) in [5.74, 6) is 0. The minimum Gasteiger partial charge on any atom is -0.293 e. The Balaban J connectivity index is 2.36. The molecule has 2 rings (SSSR count). The summed E-state index contributed by atoms with van der Waals surface area (Å²) >= 11 is 0. The van der Waals surface area contributed by atoms with Crippen molar-refractivity contribution in [1.29, 1.82) is 0 Å². The van der Waals surface area contributed by atoms with Crippen LogP contribution < -0.4 is 0 Å². The average molecular weight is 196 g/mol. The lowest BCUT2D eigenvalue weighted by Gasteiger charge is -2.30. The summed E-state index contributed by atoms with van der Waals surface area (Å²) < 4.78 is 1.89. The Morgan fingerprint density at radius 1 is 1.27 bits per heavy atom. The van der Waals surface area contributed by atoms with Crippen LogP contribution in [0, 0.1) is 12.5 Å². The van der Waals surface area contributed by atoms with E-state index >= 15 is 0 Å². The van der Waals surface area contributed by atoms with Crippen LogP contribution in [0.3, 0.4) is 0 Å². The van der Waals surface area contributed by atoms with Crippen molar-refractivity contribution in [3.63, 3.8) is 0 Å². The van der Waals surface area contributed by atoms with Crippen LogP contribution >= 0.6 is 0 Å². The molecule has 0 heterocycles. The Kier molecular flexibility index (Phi) is 2.64. The number of benzene rings is 1. The molecule has 1 heteroatoms. The second-order valence-electron chi connectivity index (χ2n) is 3.58. The summed E-state index contributed by atoms with van der Waals surface area (Å²) in [5.41, 5.74) is 2.44. The first kappa shape index (κ1) is 9.66. The molecule has 0 aliphatic heterocycles. The first-order chi connectivity index (χ1) is 7.29. The van der Waals surface area contributed by atoms with Crippen molar-refractivity contribution in [1.82, 2.24) is 0 Å². The van der Waals surface area contributed by atoms with Crippen LogP contribution in [-0.4, -0.2) is 18.3 Å². The molecule has 0 fully saturated rings. The van der Waals surface area contributed by atoms with Crippen LogP contribution in [-0.2, 0) is 0 Å². The van der Waals surface area contributed by atoms with Crippen LogP contribution in [0.15, 0.2) is 48.6 Å². The smallest absolute Gasteiger partial charge is 0.122 e. The predicted molar refractivity (Wildman–Crippen MR) is 64.4 cm³/mol. The molecule has 0 spiro atoms. The maximum atomic E-state index is 3.93. The molecule has 0 aromatic heterocycles. The zero-order valence-corrected chi connectivity index (χ0v) is 8.85. The normalized spacial score (nSPS) is 14.5. The van der Waals surface area contributed by atoms with E-state index in [1.165, 1.54) is 11.1 Å². The molecule has 1 aliphatic carbocycles. The highest BCUT2D eigenvalue weighted by molar-refractivity contribution is 5.79. The van der Waals surface area contributed by atoms with Gasteiger partial charge in [0.25, 0.3) is 0 Å². The molecule has 1 aromatic carbocycles. The van der Waals surface area contributed by atoms with E-state index < -0.39 is 0 Å². The molecular formula is C14H14N-. The Morgan fingerprint density at radius 2 is 2.00 bits per heavy atom. The molecule has 0 atom stereocenters. The van der Waals surface area contributed by atoms with E-state index in [0.29, 0.717) is 0 Å². The topological polar surface area (TPSA) is 3.01 Å². The van der Waals surface area contributed by atoms with E-state index in [1.807, 2.05) is 23.8 Å². The number of nitrogens with zero attached hydrogens (tertiary/aromatic N) is 1. The number of allylic oxidation sites excluding steroid dienone is 2. The summed E-state index contributed by atoms with van der Waals surface area (Å²) in [6.07, 6.45) is 8.28. The molecule has 0 unspecified atom stereocenters. The SMILES string of the molecule is C=[N+](C)[C-]1C=C[CH-]C=C1c1ccccc1. The van der Waals surface area contributed by atoms with Crippen molar-refractivity contribution in [2.45, 2.75) is 0 Å². The molecule has 0 saturated heterocycles. The minimum absolute atomic E-state index is 1.14. The van der Waals surface area contributed by atoms with Gasteiger partial charge in [-0.15, -0.1) is 17.7 Å². The van der Waals surface area contributed by atoms with E-state index in [-0.39, 0.29) is 0 Å². The Hall–Kier alpha value is -1.89. The summed E-state index contributed by atoms with van der Waals surface area (Å²) in [5, 5.41) is 0. The van der Waals surface area contributed by atoms with Crippen LogP contribution in [0.1, 0.15) is 5.56 Å². The predicted octanol–water partition coefficient (Wildman–Crippen LogP) is 2.72. The molecule has 0 amide bonds. The Bertz CT molecular complexity index is 412. The van der Waals surface area contributed by atoms with Crippen molar-refractivity contribution >= 4 is 12.3 Å². The number of rotatable bonds is 2. The van der Waals surface area contributed by atoms with Gasteiger partial charge in [0.2, 0.25) is 0 Å². The van der Waals surface area contributed by atoms with Crippen LogP contribution in [0.4, 0.5) is 0 Å². The third kappa shape index (κ3) is 1.96. The van der Waals surface area contributed by atoms with E-state index in [0.717, 1.165) is 6.04 Å². The second-order valence-corrected chi connectivity index (χ2v) is 3.58. The summed E-state index contributed by atoms with van der Waals surface area (Å²) in [4.78, 5) is 0. The van der Waals surface area contributed by atoms with Gasteiger partial charge in [-0.25, -0.2) is 18.6 Å². The fourth-order valence-electron chi connectivity index (χ4n) is 1.67. The maximum Gasteiger partial charge on any atom is 0.122 e. The van der Waals surface area contributed by atoms with Gasteiger partial charge in [-0.1, -0.05) is 18.2 Å². The van der Waals surface area contributed by atoms with Gasteiger partial charge in [0.1, 0.15) is 7.05 Å². The van der Waals surface area contributed by atoms with Crippen LogP contribution in [0.5, 0.6) is 0 Å². The van der Waals surface area contributed by atoms with Gasteiger partial charge in [0.05, 0.1) is 6.72 Å². The highest BCUT2D eigenvalue weighted by Gasteiger charge is 2.06. The molecule has 76 valence electrons. The van der Waals surface area contributed by atoms with Crippen LogP contribution in [0.2, 0.25) is 0 Å². The van der Waals surface area contributed by atoms with E-state index in [1.54, 1.807) is 0 Å². The van der Waals surface area contributed by atoms with Crippen molar-refractivity contribution in [2.24, 2.45) is 0 Å². The molecule has 1 nitrogen and oxygen atoms in total. The first-order valence-corrected chi connectivity index (χ1v) is 4.98. The minimum atomic E-state index is 1.14. The zero-order chi connectivity index (χ0) is 10.7. The monoisotopic (exact) mass is 196 g/mol. The van der Waals surface area contributed by atoms with Gasteiger partial charge in [-0.2, -0.15) is 11.6 Å². The standard InChI is InChI=1S/C14H14N/c1-15(2)14-11-7-6-10-13(14)12-8-4-3-5-9-12/h3-11H,1H2,2H3/q-1. The van der Waals surface area contributed by atoms with E-state index in [4.69, 9.17) is 0 Å². The highest BCUT2D eigenvalue weighted by Crippen LogP contribution is 2.29. The highest BCUT2D eigenvalue weighted by atomic mass is 15.0. The van der Waals surface area contributed by atoms with Crippen molar-refractivity contribution in [3.05, 3.63) is 66.6 Å². The molecule has 0 N–H and O–H groups in total. The summed E-state index contributed by atoms with van der Waals surface area (Å²) in [6.45, 7) is 3.93. The largest absolute Gasteiger partial charge is 0.293 e. The van der Waals surface area contributed by atoms with Crippen molar-refractivity contribution in [3.8, 4) is 0 Å². The molecule has 0 bridgehead atoms. The van der Waals surface area contributed by atoms with E-state index in [9.17, 15) is 0 Å².